The Balaban J connectivity index is 1.94. The predicted molar refractivity (Wildman–Crippen MR) is 125 cm³/mol. The zero-order valence-corrected chi connectivity index (χ0v) is 18.9. The van der Waals surface area contributed by atoms with Crippen molar-refractivity contribution in [3.63, 3.8) is 0 Å². The number of amides is 1. The van der Waals surface area contributed by atoms with E-state index in [2.05, 4.69) is 5.32 Å². The van der Waals surface area contributed by atoms with Gasteiger partial charge in [-0.1, -0.05) is 73.2 Å². The second-order valence-corrected chi connectivity index (χ2v) is 9.37. The van der Waals surface area contributed by atoms with Gasteiger partial charge in [0.1, 0.15) is 6.54 Å². The number of anilines is 1. The summed E-state index contributed by atoms with van der Waals surface area (Å²) >= 11 is 0. The van der Waals surface area contributed by atoms with Crippen LogP contribution in [0, 0.1) is 6.92 Å². The van der Waals surface area contributed by atoms with Crippen LogP contribution in [0.3, 0.4) is 0 Å². The summed E-state index contributed by atoms with van der Waals surface area (Å²) < 4.78 is 28.3. The van der Waals surface area contributed by atoms with Gasteiger partial charge in [0.05, 0.1) is 16.6 Å². The fourth-order valence-corrected chi connectivity index (χ4v) is 4.89. The Bertz CT molecular complexity index is 1130. The van der Waals surface area contributed by atoms with E-state index in [-0.39, 0.29) is 23.4 Å². The number of nitrogens with zero attached hydrogens (tertiary/aromatic N) is 1. The van der Waals surface area contributed by atoms with Gasteiger partial charge in [-0.2, -0.15) is 0 Å². The number of rotatable bonds is 8. The van der Waals surface area contributed by atoms with Crippen LogP contribution in [0.5, 0.6) is 0 Å². The fourth-order valence-electron chi connectivity index (χ4n) is 3.43. The molecule has 3 aromatic carbocycles. The van der Waals surface area contributed by atoms with E-state index < -0.39 is 10.0 Å². The van der Waals surface area contributed by atoms with Crippen molar-refractivity contribution in [1.29, 1.82) is 0 Å². The Labute approximate surface area is 184 Å². The zero-order chi connectivity index (χ0) is 22.4. The molecule has 1 amide bonds. The lowest BCUT2D eigenvalue weighted by Gasteiger charge is -2.27. The molecule has 6 heteroatoms. The van der Waals surface area contributed by atoms with E-state index in [0.29, 0.717) is 12.1 Å². The van der Waals surface area contributed by atoms with E-state index in [0.717, 1.165) is 16.7 Å². The summed E-state index contributed by atoms with van der Waals surface area (Å²) in [6.07, 6.45) is 0.651. The molecule has 162 valence electrons. The highest BCUT2D eigenvalue weighted by atomic mass is 32.2. The summed E-state index contributed by atoms with van der Waals surface area (Å²) in [5.41, 5.74) is 3.31. The molecule has 0 saturated carbocycles. The first kappa shape index (κ1) is 22.6. The molecule has 0 aliphatic rings. The molecule has 0 radical (unpaired) electrons. The average molecular weight is 437 g/mol. The summed E-state index contributed by atoms with van der Waals surface area (Å²) in [4.78, 5) is 13.1. The molecule has 0 aliphatic carbocycles. The molecular formula is C25H28N2O3S. The van der Waals surface area contributed by atoms with E-state index in [9.17, 15) is 13.2 Å². The standard InChI is InChI=1S/C25H28N2O3S/c1-4-21-10-8-9-13-24(21)27(31(29,30)23-16-14-19(2)15-17-23)18-25(28)26-20(3)22-11-6-5-7-12-22/h5-17,20H,4,18H2,1-3H3,(H,26,28). The molecule has 1 atom stereocenters. The molecule has 0 aromatic heterocycles. The van der Waals surface area contributed by atoms with E-state index >= 15 is 0 Å². The van der Waals surface area contributed by atoms with Gasteiger partial charge in [0.15, 0.2) is 0 Å². The second kappa shape index (κ2) is 9.79. The van der Waals surface area contributed by atoms with E-state index in [1.807, 2.05) is 63.2 Å². The van der Waals surface area contributed by atoms with Crippen LogP contribution in [0.25, 0.3) is 0 Å². The number of sulfonamides is 1. The first-order valence-electron chi connectivity index (χ1n) is 10.3. The number of aryl methyl sites for hydroxylation is 2. The number of hydrogen-bond donors (Lipinski definition) is 1. The topological polar surface area (TPSA) is 66.5 Å². The SMILES string of the molecule is CCc1ccccc1N(CC(=O)NC(C)c1ccccc1)S(=O)(=O)c1ccc(C)cc1. The lowest BCUT2D eigenvalue weighted by atomic mass is 10.1. The van der Waals surface area contributed by atoms with Gasteiger partial charge >= 0.3 is 0 Å². The van der Waals surface area contributed by atoms with Gasteiger partial charge in [-0.3, -0.25) is 9.10 Å². The van der Waals surface area contributed by atoms with Crippen LogP contribution in [-0.4, -0.2) is 20.9 Å². The number of carbonyl (C=O) groups is 1. The first-order chi connectivity index (χ1) is 14.8. The minimum absolute atomic E-state index is 0.160. The Morgan fingerprint density at radius 3 is 2.19 bits per heavy atom. The van der Waals surface area contributed by atoms with E-state index in [1.165, 1.54) is 4.31 Å². The maximum absolute atomic E-state index is 13.5. The summed E-state index contributed by atoms with van der Waals surface area (Å²) in [6.45, 7) is 5.45. The molecule has 0 bridgehead atoms. The maximum atomic E-state index is 13.5. The van der Waals surface area contributed by atoms with Gasteiger partial charge in [0, 0.05) is 0 Å². The van der Waals surface area contributed by atoms with Crippen molar-refractivity contribution in [2.45, 2.75) is 38.1 Å². The highest BCUT2D eigenvalue weighted by molar-refractivity contribution is 7.92. The van der Waals surface area contributed by atoms with Crippen molar-refractivity contribution in [3.05, 3.63) is 95.6 Å². The quantitative estimate of drug-likeness (QED) is 0.560. The molecule has 0 spiro atoms. The van der Waals surface area contributed by atoms with Crippen molar-refractivity contribution in [1.82, 2.24) is 5.32 Å². The minimum Gasteiger partial charge on any atom is -0.348 e. The molecule has 0 aliphatic heterocycles. The Kier molecular flexibility index (Phi) is 7.13. The molecule has 0 fully saturated rings. The van der Waals surface area contributed by atoms with Crippen molar-refractivity contribution in [2.24, 2.45) is 0 Å². The van der Waals surface area contributed by atoms with Gasteiger partial charge in [0.25, 0.3) is 10.0 Å². The number of hydrogen-bond acceptors (Lipinski definition) is 3. The van der Waals surface area contributed by atoms with Gasteiger partial charge in [-0.25, -0.2) is 8.42 Å². The minimum atomic E-state index is -3.93. The average Bonchev–Trinajstić information content (AvgIpc) is 2.78. The smallest absolute Gasteiger partial charge is 0.264 e. The summed E-state index contributed by atoms with van der Waals surface area (Å²) in [5.74, 6) is -0.363. The lowest BCUT2D eigenvalue weighted by molar-refractivity contribution is -0.120. The molecule has 5 nitrogen and oxygen atoms in total. The van der Waals surface area contributed by atoms with Crippen LogP contribution >= 0.6 is 0 Å². The summed E-state index contributed by atoms with van der Waals surface area (Å²) in [7, 11) is -3.93. The van der Waals surface area contributed by atoms with Crippen molar-refractivity contribution >= 4 is 21.6 Å². The van der Waals surface area contributed by atoms with Gasteiger partial charge in [-0.15, -0.1) is 0 Å². The van der Waals surface area contributed by atoms with E-state index in [4.69, 9.17) is 0 Å². The third-order valence-electron chi connectivity index (χ3n) is 5.21. The normalized spacial score (nSPS) is 12.2. The molecule has 0 saturated heterocycles. The zero-order valence-electron chi connectivity index (χ0n) is 18.1. The molecule has 1 N–H and O–H groups in total. The highest BCUT2D eigenvalue weighted by Gasteiger charge is 2.29. The second-order valence-electron chi connectivity index (χ2n) is 7.51. The Hall–Kier alpha value is -3.12. The lowest BCUT2D eigenvalue weighted by Crippen LogP contribution is -2.42. The van der Waals surface area contributed by atoms with Crippen LogP contribution in [0.15, 0.2) is 83.8 Å². The highest BCUT2D eigenvalue weighted by Crippen LogP contribution is 2.28. The first-order valence-corrected chi connectivity index (χ1v) is 11.8. The largest absolute Gasteiger partial charge is 0.348 e. The number of para-hydroxylation sites is 1. The maximum Gasteiger partial charge on any atom is 0.264 e. The Morgan fingerprint density at radius 1 is 0.935 bits per heavy atom. The van der Waals surface area contributed by atoms with Crippen molar-refractivity contribution in [3.8, 4) is 0 Å². The third-order valence-corrected chi connectivity index (χ3v) is 6.99. The molecule has 1 unspecified atom stereocenters. The van der Waals surface area contributed by atoms with Gasteiger partial charge in [0.2, 0.25) is 5.91 Å². The van der Waals surface area contributed by atoms with Crippen LogP contribution in [-0.2, 0) is 21.2 Å². The summed E-state index contributed by atoms with van der Waals surface area (Å²) in [5, 5.41) is 2.92. The number of carbonyl (C=O) groups excluding carboxylic acids is 1. The summed E-state index contributed by atoms with van der Waals surface area (Å²) in [6, 6.07) is 23.3. The monoisotopic (exact) mass is 436 g/mol. The van der Waals surface area contributed by atoms with Crippen LogP contribution in [0.4, 0.5) is 5.69 Å². The Morgan fingerprint density at radius 2 is 1.55 bits per heavy atom. The van der Waals surface area contributed by atoms with Gasteiger partial charge < -0.3 is 5.32 Å². The molecule has 31 heavy (non-hydrogen) atoms. The number of nitrogens with one attached hydrogen (secondary N) is 1. The molecule has 3 aromatic rings. The predicted octanol–water partition coefficient (Wildman–Crippen LogP) is 4.63. The molecule has 0 heterocycles. The van der Waals surface area contributed by atoms with Crippen molar-refractivity contribution < 1.29 is 13.2 Å². The molecule has 3 rings (SSSR count). The van der Waals surface area contributed by atoms with E-state index in [1.54, 1.807) is 36.4 Å². The van der Waals surface area contributed by atoms with Crippen LogP contribution < -0.4 is 9.62 Å². The molecular weight excluding hydrogens is 408 g/mol. The van der Waals surface area contributed by atoms with Crippen LogP contribution in [0.1, 0.15) is 36.6 Å². The van der Waals surface area contributed by atoms with Gasteiger partial charge in [-0.05, 0) is 49.6 Å². The van der Waals surface area contributed by atoms with Crippen LogP contribution in [0.2, 0.25) is 0 Å². The fraction of sp³-hybridized carbons (Fsp3) is 0.240. The van der Waals surface area contributed by atoms with Crippen molar-refractivity contribution in [2.75, 3.05) is 10.8 Å². The number of benzene rings is 3. The third kappa shape index (κ3) is 5.33.